The molecular formula is C11H17N3O2. The molecule has 0 amide bonds. The van der Waals surface area contributed by atoms with Crippen molar-refractivity contribution in [2.24, 2.45) is 0 Å². The number of rotatable bonds is 4. The Morgan fingerprint density at radius 1 is 1.56 bits per heavy atom. The van der Waals surface area contributed by atoms with Crippen LogP contribution in [0.25, 0.3) is 0 Å². The lowest BCUT2D eigenvalue weighted by Crippen LogP contribution is -2.31. The number of aryl methyl sites for hydroxylation is 1. The van der Waals surface area contributed by atoms with Crippen LogP contribution in [-0.2, 0) is 9.53 Å². The van der Waals surface area contributed by atoms with Crippen molar-refractivity contribution >= 4 is 17.5 Å². The van der Waals surface area contributed by atoms with Gasteiger partial charge in [-0.2, -0.15) is 0 Å². The van der Waals surface area contributed by atoms with E-state index in [2.05, 4.69) is 9.72 Å². The second-order valence-electron chi connectivity index (χ2n) is 3.43. The van der Waals surface area contributed by atoms with E-state index in [0.717, 1.165) is 11.5 Å². The van der Waals surface area contributed by atoms with E-state index in [1.54, 1.807) is 12.1 Å². The van der Waals surface area contributed by atoms with E-state index in [0.29, 0.717) is 12.2 Å². The topological polar surface area (TPSA) is 68.5 Å². The number of hydrogen-bond donors (Lipinski definition) is 1. The molecule has 0 fully saturated rings. The van der Waals surface area contributed by atoms with Gasteiger partial charge in [0.1, 0.15) is 12.4 Å². The molecule has 88 valence electrons. The summed E-state index contributed by atoms with van der Waals surface area (Å²) in [5, 5.41) is 0. The fraction of sp³-hybridized carbons (Fsp3) is 0.455. The highest BCUT2D eigenvalue weighted by Crippen LogP contribution is 2.15. The van der Waals surface area contributed by atoms with Crippen LogP contribution >= 0.6 is 0 Å². The maximum Gasteiger partial charge on any atom is 0.325 e. The van der Waals surface area contributed by atoms with Gasteiger partial charge < -0.3 is 15.4 Å². The van der Waals surface area contributed by atoms with Gasteiger partial charge in [-0.3, -0.25) is 4.79 Å². The standard InChI is InChI=1S/C11H17N3O2/c1-4-14(7-11(15)16-3)10-6-5-9(12)8(2)13-10/h5-6H,4,7,12H2,1-3H3. The van der Waals surface area contributed by atoms with Crippen LogP contribution in [0.5, 0.6) is 0 Å². The summed E-state index contributed by atoms with van der Waals surface area (Å²) in [6.07, 6.45) is 0. The van der Waals surface area contributed by atoms with E-state index in [4.69, 9.17) is 5.73 Å². The maximum atomic E-state index is 11.2. The molecule has 0 aliphatic heterocycles. The largest absolute Gasteiger partial charge is 0.468 e. The zero-order valence-corrected chi connectivity index (χ0v) is 9.86. The molecule has 0 spiro atoms. The fourth-order valence-corrected chi connectivity index (χ4v) is 1.31. The van der Waals surface area contributed by atoms with Gasteiger partial charge in [0.05, 0.1) is 18.5 Å². The van der Waals surface area contributed by atoms with Gasteiger partial charge in [-0.05, 0) is 26.0 Å². The molecule has 0 saturated carbocycles. The number of carbonyl (C=O) groups is 1. The van der Waals surface area contributed by atoms with Crippen LogP contribution in [0.15, 0.2) is 12.1 Å². The molecular weight excluding hydrogens is 206 g/mol. The van der Waals surface area contributed by atoms with Crippen molar-refractivity contribution in [3.05, 3.63) is 17.8 Å². The Morgan fingerprint density at radius 3 is 2.75 bits per heavy atom. The summed E-state index contributed by atoms with van der Waals surface area (Å²) >= 11 is 0. The average molecular weight is 223 g/mol. The number of esters is 1. The second kappa shape index (κ2) is 5.34. The molecule has 16 heavy (non-hydrogen) atoms. The molecule has 5 heteroatoms. The third-order valence-corrected chi connectivity index (χ3v) is 2.37. The summed E-state index contributed by atoms with van der Waals surface area (Å²) in [6.45, 7) is 4.68. The molecule has 0 aliphatic rings. The second-order valence-corrected chi connectivity index (χ2v) is 3.43. The minimum Gasteiger partial charge on any atom is -0.468 e. The first-order valence-corrected chi connectivity index (χ1v) is 5.13. The number of methoxy groups -OCH3 is 1. The third kappa shape index (κ3) is 2.85. The van der Waals surface area contributed by atoms with Crippen molar-refractivity contribution in [3.8, 4) is 0 Å². The van der Waals surface area contributed by atoms with Crippen molar-refractivity contribution in [1.82, 2.24) is 4.98 Å². The van der Waals surface area contributed by atoms with E-state index in [1.807, 2.05) is 18.7 Å². The fourth-order valence-electron chi connectivity index (χ4n) is 1.31. The van der Waals surface area contributed by atoms with Crippen molar-refractivity contribution in [3.63, 3.8) is 0 Å². The normalized spacial score (nSPS) is 9.94. The van der Waals surface area contributed by atoms with Gasteiger partial charge in [-0.1, -0.05) is 0 Å². The summed E-state index contributed by atoms with van der Waals surface area (Å²) in [6, 6.07) is 3.59. The van der Waals surface area contributed by atoms with Gasteiger partial charge in [0.2, 0.25) is 0 Å². The Bertz CT molecular complexity index is 379. The van der Waals surface area contributed by atoms with Crippen molar-refractivity contribution < 1.29 is 9.53 Å². The predicted molar refractivity (Wildman–Crippen MR) is 63.3 cm³/mol. The van der Waals surface area contributed by atoms with E-state index >= 15 is 0 Å². The van der Waals surface area contributed by atoms with E-state index < -0.39 is 0 Å². The quantitative estimate of drug-likeness (QED) is 0.770. The summed E-state index contributed by atoms with van der Waals surface area (Å²) in [7, 11) is 1.37. The van der Waals surface area contributed by atoms with Crippen molar-refractivity contribution in [2.45, 2.75) is 13.8 Å². The lowest BCUT2D eigenvalue weighted by atomic mass is 10.3. The number of pyridine rings is 1. The molecule has 0 unspecified atom stereocenters. The Kier molecular flexibility index (Phi) is 4.10. The van der Waals surface area contributed by atoms with E-state index in [9.17, 15) is 4.79 Å². The molecule has 1 heterocycles. The van der Waals surface area contributed by atoms with Crippen LogP contribution in [0.2, 0.25) is 0 Å². The highest BCUT2D eigenvalue weighted by molar-refractivity contribution is 5.75. The molecule has 0 atom stereocenters. The molecule has 1 rings (SSSR count). The monoisotopic (exact) mass is 223 g/mol. The number of nitrogen functional groups attached to an aromatic ring is 1. The summed E-state index contributed by atoms with van der Waals surface area (Å²) in [4.78, 5) is 17.3. The minimum atomic E-state index is -0.280. The number of nitrogens with zero attached hydrogens (tertiary/aromatic N) is 2. The van der Waals surface area contributed by atoms with E-state index in [1.165, 1.54) is 7.11 Å². The first-order chi connectivity index (χ1) is 7.58. The predicted octanol–water partition coefficient (Wildman–Crippen LogP) is 0.972. The van der Waals surface area contributed by atoms with E-state index in [-0.39, 0.29) is 12.5 Å². The summed E-state index contributed by atoms with van der Waals surface area (Å²) in [5.74, 6) is 0.456. The molecule has 0 saturated heterocycles. The van der Waals surface area contributed by atoms with Gasteiger partial charge in [-0.15, -0.1) is 0 Å². The van der Waals surface area contributed by atoms with Crippen LogP contribution in [0.1, 0.15) is 12.6 Å². The molecule has 1 aromatic heterocycles. The Labute approximate surface area is 95.2 Å². The molecule has 1 aromatic rings. The molecule has 0 radical (unpaired) electrons. The van der Waals surface area contributed by atoms with Crippen molar-refractivity contribution in [2.75, 3.05) is 30.8 Å². The summed E-state index contributed by atoms with van der Waals surface area (Å²) in [5.41, 5.74) is 7.10. The number of anilines is 2. The van der Waals surface area contributed by atoms with Gasteiger partial charge in [-0.25, -0.2) is 4.98 Å². The van der Waals surface area contributed by atoms with Crippen LogP contribution in [0.4, 0.5) is 11.5 Å². The average Bonchev–Trinajstić information content (AvgIpc) is 2.29. The Balaban J connectivity index is 2.86. The van der Waals surface area contributed by atoms with Gasteiger partial charge >= 0.3 is 5.97 Å². The van der Waals surface area contributed by atoms with Gasteiger partial charge in [0.25, 0.3) is 0 Å². The van der Waals surface area contributed by atoms with Crippen LogP contribution in [0.3, 0.4) is 0 Å². The molecule has 5 nitrogen and oxygen atoms in total. The maximum absolute atomic E-state index is 11.2. The lowest BCUT2D eigenvalue weighted by molar-refractivity contribution is -0.138. The lowest BCUT2D eigenvalue weighted by Gasteiger charge is -2.20. The van der Waals surface area contributed by atoms with Gasteiger partial charge in [0, 0.05) is 6.54 Å². The Hall–Kier alpha value is -1.78. The molecule has 0 aromatic carbocycles. The number of hydrogen-bond acceptors (Lipinski definition) is 5. The number of carbonyl (C=O) groups excluding carboxylic acids is 1. The SMILES string of the molecule is CCN(CC(=O)OC)c1ccc(N)c(C)n1. The zero-order chi connectivity index (χ0) is 12.1. The van der Waals surface area contributed by atoms with Crippen molar-refractivity contribution in [1.29, 1.82) is 0 Å². The van der Waals surface area contributed by atoms with Crippen LogP contribution in [-0.4, -0.2) is 31.2 Å². The minimum absolute atomic E-state index is 0.198. The smallest absolute Gasteiger partial charge is 0.325 e. The van der Waals surface area contributed by atoms with Gasteiger partial charge in [0.15, 0.2) is 0 Å². The first kappa shape index (κ1) is 12.3. The van der Waals surface area contributed by atoms with Crippen LogP contribution in [0, 0.1) is 6.92 Å². The van der Waals surface area contributed by atoms with Crippen LogP contribution < -0.4 is 10.6 Å². The molecule has 0 bridgehead atoms. The zero-order valence-electron chi connectivity index (χ0n) is 9.86. The molecule has 0 aliphatic carbocycles. The number of ether oxygens (including phenoxy) is 1. The highest BCUT2D eigenvalue weighted by Gasteiger charge is 2.11. The highest BCUT2D eigenvalue weighted by atomic mass is 16.5. The first-order valence-electron chi connectivity index (χ1n) is 5.13. The number of likely N-dealkylation sites (N-methyl/N-ethyl adjacent to an activating group) is 1. The number of nitrogens with two attached hydrogens (primary N) is 1. The third-order valence-electron chi connectivity index (χ3n) is 2.37. The molecule has 2 N–H and O–H groups in total. The Morgan fingerprint density at radius 2 is 2.25 bits per heavy atom. The number of aromatic nitrogens is 1. The summed E-state index contributed by atoms with van der Waals surface area (Å²) < 4.78 is 4.62.